The summed E-state index contributed by atoms with van der Waals surface area (Å²) in [6.45, 7) is 1.70. The number of nitrogens with one attached hydrogen (secondary N) is 1. The average Bonchev–Trinajstić information content (AvgIpc) is 2.86. The number of aliphatic carboxylic acids is 1. The summed E-state index contributed by atoms with van der Waals surface area (Å²) in [6, 6.07) is 0. The maximum absolute atomic E-state index is 12.4. The molecule has 0 aliphatic heterocycles. The van der Waals surface area contributed by atoms with Gasteiger partial charge in [-0.25, -0.2) is 4.98 Å². The summed E-state index contributed by atoms with van der Waals surface area (Å²) >= 11 is 1.10. The van der Waals surface area contributed by atoms with Crippen molar-refractivity contribution in [1.29, 1.82) is 0 Å². The molecule has 0 saturated heterocycles. The Hall–Kier alpha value is -2.22. The number of allylic oxidation sites excluding steroid dienone is 2. The summed E-state index contributed by atoms with van der Waals surface area (Å²) in [6.07, 6.45) is 4.33. The van der Waals surface area contributed by atoms with E-state index in [0.29, 0.717) is 28.5 Å². The van der Waals surface area contributed by atoms with E-state index in [9.17, 15) is 19.5 Å². The van der Waals surface area contributed by atoms with Crippen LogP contribution in [0.25, 0.3) is 0 Å². The number of hydrogen-bond donors (Lipinski definition) is 2. The molecule has 1 heterocycles. The summed E-state index contributed by atoms with van der Waals surface area (Å²) in [4.78, 5) is 41.7. The Labute approximate surface area is 138 Å². The highest BCUT2D eigenvalue weighted by Gasteiger charge is 2.34. The zero-order valence-electron chi connectivity index (χ0n) is 13.2. The summed E-state index contributed by atoms with van der Waals surface area (Å²) in [5.41, 5.74) is 0.544. The van der Waals surface area contributed by atoms with Gasteiger partial charge < -0.3 is 15.3 Å². The van der Waals surface area contributed by atoms with E-state index in [0.717, 1.165) is 11.3 Å². The monoisotopic (exact) mass is 337 g/mol. The Balaban J connectivity index is 2.14. The Kier molecular flexibility index (Phi) is 5.15. The smallest absolute Gasteiger partial charge is 0.307 e. The maximum Gasteiger partial charge on any atom is 0.307 e. The average molecular weight is 337 g/mol. The highest BCUT2D eigenvalue weighted by atomic mass is 32.1. The summed E-state index contributed by atoms with van der Waals surface area (Å²) in [5.74, 6) is -2.89. The van der Waals surface area contributed by atoms with Crippen molar-refractivity contribution in [2.45, 2.75) is 19.8 Å². The van der Waals surface area contributed by atoms with Gasteiger partial charge in [0.2, 0.25) is 5.91 Å². The van der Waals surface area contributed by atoms with E-state index >= 15 is 0 Å². The molecular formula is C15H19N3O4S. The van der Waals surface area contributed by atoms with Gasteiger partial charge >= 0.3 is 5.97 Å². The van der Waals surface area contributed by atoms with Crippen LogP contribution < -0.4 is 5.32 Å². The topological polar surface area (TPSA) is 99.6 Å². The zero-order valence-corrected chi connectivity index (χ0v) is 14.0. The van der Waals surface area contributed by atoms with Gasteiger partial charge in [-0.15, -0.1) is 0 Å². The Morgan fingerprint density at radius 2 is 1.87 bits per heavy atom. The predicted octanol–water partition coefficient (Wildman–Crippen LogP) is 1.76. The summed E-state index contributed by atoms with van der Waals surface area (Å²) in [5, 5.41) is 12.2. The molecule has 1 aromatic rings. The number of amides is 2. The maximum atomic E-state index is 12.4. The van der Waals surface area contributed by atoms with Crippen LogP contribution in [0.1, 0.15) is 28.2 Å². The lowest BCUT2D eigenvalue weighted by molar-refractivity contribution is -0.146. The third-order valence-electron chi connectivity index (χ3n) is 3.71. The molecule has 0 radical (unpaired) electrons. The van der Waals surface area contributed by atoms with Crippen LogP contribution >= 0.6 is 11.3 Å². The lowest BCUT2D eigenvalue weighted by Gasteiger charge is -2.23. The first-order valence-corrected chi connectivity index (χ1v) is 8.00. The van der Waals surface area contributed by atoms with E-state index in [1.165, 1.54) is 4.90 Å². The number of carbonyl (C=O) groups excluding carboxylic acids is 2. The van der Waals surface area contributed by atoms with E-state index in [2.05, 4.69) is 10.3 Å². The first-order chi connectivity index (χ1) is 10.8. The van der Waals surface area contributed by atoms with Crippen LogP contribution in [-0.2, 0) is 9.59 Å². The minimum absolute atomic E-state index is 0.176. The number of carboxylic acids is 1. The molecule has 0 bridgehead atoms. The molecule has 0 fully saturated rings. The molecule has 124 valence electrons. The van der Waals surface area contributed by atoms with E-state index in [-0.39, 0.29) is 11.8 Å². The van der Waals surface area contributed by atoms with Crippen molar-refractivity contribution in [1.82, 2.24) is 9.88 Å². The predicted molar refractivity (Wildman–Crippen MR) is 86.5 cm³/mol. The molecule has 23 heavy (non-hydrogen) atoms. The molecular weight excluding hydrogens is 318 g/mol. The lowest BCUT2D eigenvalue weighted by atomic mass is 9.82. The van der Waals surface area contributed by atoms with Crippen LogP contribution in [0, 0.1) is 18.8 Å². The third kappa shape index (κ3) is 3.76. The summed E-state index contributed by atoms with van der Waals surface area (Å²) in [7, 11) is 3.29. The van der Waals surface area contributed by atoms with Gasteiger partial charge in [-0.05, 0) is 19.8 Å². The number of anilines is 1. The first kappa shape index (κ1) is 17.1. The second-order valence-electron chi connectivity index (χ2n) is 5.62. The molecule has 1 aliphatic rings. The van der Waals surface area contributed by atoms with Crippen molar-refractivity contribution in [3.63, 3.8) is 0 Å². The van der Waals surface area contributed by atoms with Crippen LogP contribution in [0.5, 0.6) is 0 Å². The molecule has 8 heteroatoms. The van der Waals surface area contributed by atoms with E-state index in [1.807, 2.05) is 6.08 Å². The van der Waals surface area contributed by atoms with Crippen LogP contribution in [0.15, 0.2) is 12.2 Å². The van der Waals surface area contributed by atoms with Crippen LogP contribution in [0.3, 0.4) is 0 Å². The molecule has 2 atom stereocenters. The summed E-state index contributed by atoms with van der Waals surface area (Å²) < 4.78 is 0. The Morgan fingerprint density at radius 3 is 2.43 bits per heavy atom. The van der Waals surface area contributed by atoms with Gasteiger partial charge in [-0.3, -0.25) is 14.4 Å². The molecule has 1 aliphatic carbocycles. The fourth-order valence-electron chi connectivity index (χ4n) is 2.43. The van der Waals surface area contributed by atoms with Crippen molar-refractivity contribution < 1.29 is 19.5 Å². The third-order valence-corrected chi connectivity index (χ3v) is 4.77. The van der Waals surface area contributed by atoms with Gasteiger partial charge in [0.15, 0.2) is 5.13 Å². The van der Waals surface area contributed by atoms with Gasteiger partial charge in [0.25, 0.3) is 5.91 Å². The van der Waals surface area contributed by atoms with E-state index in [4.69, 9.17) is 0 Å². The van der Waals surface area contributed by atoms with Gasteiger partial charge in [0.05, 0.1) is 17.5 Å². The minimum atomic E-state index is -0.978. The molecule has 0 aromatic carbocycles. The second kappa shape index (κ2) is 6.91. The van der Waals surface area contributed by atoms with Crippen LogP contribution in [0.2, 0.25) is 0 Å². The molecule has 2 N–H and O–H groups in total. The standard InChI is InChI=1S/C15H19N3O4S/c1-8-11(13(20)18(2)3)23-15(16-8)17-12(19)9-6-4-5-7-10(9)14(21)22/h4-5,9-10H,6-7H2,1-3H3,(H,21,22)(H,16,17,19). The molecule has 2 unspecified atom stereocenters. The zero-order chi connectivity index (χ0) is 17.1. The SMILES string of the molecule is Cc1nc(NC(=O)C2CC=CCC2C(=O)O)sc1C(=O)N(C)C. The van der Waals surface area contributed by atoms with Crippen molar-refractivity contribution >= 4 is 34.3 Å². The molecule has 1 aromatic heterocycles. The fourth-order valence-corrected chi connectivity index (χ4v) is 3.42. The van der Waals surface area contributed by atoms with E-state index in [1.54, 1.807) is 27.1 Å². The van der Waals surface area contributed by atoms with Crippen molar-refractivity contribution in [3.8, 4) is 0 Å². The lowest BCUT2D eigenvalue weighted by Crippen LogP contribution is -2.34. The first-order valence-electron chi connectivity index (χ1n) is 7.19. The molecule has 0 spiro atoms. The second-order valence-corrected chi connectivity index (χ2v) is 6.62. The fraction of sp³-hybridized carbons (Fsp3) is 0.467. The molecule has 2 rings (SSSR count). The number of carbonyl (C=O) groups is 3. The number of hydrogen-bond acceptors (Lipinski definition) is 5. The Bertz CT molecular complexity index is 666. The van der Waals surface area contributed by atoms with Gasteiger partial charge in [-0.2, -0.15) is 0 Å². The largest absolute Gasteiger partial charge is 0.481 e. The van der Waals surface area contributed by atoms with Crippen LogP contribution in [-0.4, -0.2) is 46.9 Å². The van der Waals surface area contributed by atoms with Crippen molar-refractivity contribution in [2.75, 3.05) is 19.4 Å². The van der Waals surface area contributed by atoms with Crippen molar-refractivity contribution in [2.24, 2.45) is 11.8 Å². The van der Waals surface area contributed by atoms with Gasteiger partial charge in [-0.1, -0.05) is 23.5 Å². The Morgan fingerprint density at radius 1 is 1.26 bits per heavy atom. The quantitative estimate of drug-likeness (QED) is 0.816. The van der Waals surface area contributed by atoms with Crippen molar-refractivity contribution in [3.05, 3.63) is 22.7 Å². The number of rotatable bonds is 4. The van der Waals surface area contributed by atoms with Gasteiger partial charge in [0.1, 0.15) is 4.88 Å². The highest BCUT2D eigenvalue weighted by Crippen LogP contribution is 2.29. The highest BCUT2D eigenvalue weighted by molar-refractivity contribution is 7.17. The number of nitrogens with zero attached hydrogens (tertiary/aromatic N) is 2. The number of aryl methyl sites for hydroxylation is 1. The molecule has 0 saturated carbocycles. The molecule has 2 amide bonds. The minimum Gasteiger partial charge on any atom is -0.481 e. The normalized spacial score (nSPS) is 20.1. The molecule has 7 nitrogen and oxygen atoms in total. The number of aromatic nitrogens is 1. The van der Waals surface area contributed by atoms with Gasteiger partial charge in [0, 0.05) is 14.1 Å². The van der Waals surface area contributed by atoms with Crippen LogP contribution in [0.4, 0.5) is 5.13 Å². The number of carboxylic acid groups (broad SMARTS) is 1. The number of thiazole rings is 1. The van der Waals surface area contributed by atoms with E-state index < -0.39 is 17.8 Å².